The zero-order valence-electron chi connectivity index (χ0n) is 13.2. The Bertz CT molecular complexity index is 728. The average molecular weight is 355 g/mol. The van der Waals surface area contributed by atoms with Gasteiger partial charge in [-0.2, -0.15) is 0 Å². The number of benzene rings is 1. The third-order valence-electron chi connectivity index (χ3n) is 5.36. The summed E-state index contributed by atoms with van der Waals surface area (Å²) in [7, 11) is -3.77. The molecule has 24 heavy (non-hydrogen) atoms. The topological polar surface area (TPSA) is 94.1 Å². The van der Waals surface area contributed by atoms with Crippen LogP contribution in [0.3, 0.4) is 0 Å². The maximum absolute atomic E-state index is 12.9. The van der Waals surface area contributed by atoms with Crippen molar-refractivity contribution in [3.05, 3.63) is 18.2 Å². The summed E-state index contributed by atoms with van der Waals surface area (Å²) in [5, 5.41) is 10.2. The van der Waals surface area contributed by atoms with Gasteiger partial charge in [-0.1, -0.05) is 6.07 Å². The lowest BCUT2D eigenvalue weighted by Crippen LogP contribution is -2.65. The number of aliphatic hydroxyl groups excluding tert-OH is 1. The molecule has 1 aromatic rings. The van der Waals surface area contributed by atoms with Gasteiger partial charge in [-0.25, -0.2) is 13.1 Å². The SMILES string of the molecule is O=S(=O)(N[C@@H]1C[C@@H](O)C12CCOCC2)c1cccc2c1OCCO2. The van der Waals surface area contributed by atoms with E-state index in [-0.39, 0.29) is 16.7 Å². The predicted octanol–water partition coefficient (Wildman–Crippen LogP) is 0.666. The molecule has 0 bridgehead atoms. The Hall–Kier alpha value is -1.35. The minimum atomic E-state index is -3.77. The minimum absolute atomic E-state index is 0.0864. The highest BCUT2D eigenvalue weighted by molar-refractivity contribution is 7.89. The lowest BCUT2D eigenvalue weighted by Gasteiger charge is -2.55. The highest BCUT2D eigenvalue weighted by Crippen LogP contribution is 2.49. The summed E-state index contributed by atoms with van der Waals surface area (Å²) in [6.45, 7) is 1.82. The normalized spacial score (nSPS) is 28.4. The Morgan fingerprint density at radius 1 is 1.12 bits per heavy atom. The van der Waals surface area contributed by atoms with Crippen molar-refractivity contribution in [3.8, 4) is 11.5 Å². The summed E-state index contributed by atoms with van der Waals surface area (Å²) in [4.78, 5) is 0.0864. The van der Waals surface area contributed by atoms with Gasteiger partial charge in [0.05, 0.1) is 6.10 Å². The van der Waals surface area contributed by atoms with E-state index in [0.717, 1.165) is 0 Å². The Labute approximate surface area is 141 Å². The van der Waals surface area contributed by atoms with Crippen molar-refractivity contribution in [1.29, 1.82) is 0 Å². The number of sulfonamides is 1. The molecule has 1 aromatic carbocycles. The fraction of sp³-hybridized carbons (Fsp3) is 0.625. The van der Waals surface area contributed by atoms with Crippen molar-refractivity contribution in [2.75, 3.05) is 26.4 Å². The van der Waals surface area contributed by atoms with Crippen LogP contribution >= 0.6 is 0 Å². The van der Waals surface area contributed by atoms with E-state index in [9.17, 15) is 13.5 Å². The number of hydrogen-bond donors (Lipinski definition) is 2. The largest absolute Gasteiger partial charge is 0.486 e. The highest BCUT2D eigenvalue weighted by atomic mass is 32.2. The van der Waals surface area contributed by atoms with E-state index in [1.807, 2.05) is 0 Å². The second kappa shape index (κ2) is 5.87. The molecular formula is C16H21NO6S. The monoisotopic (exact) mass is 355 g/mol. The number of aliphatic hydroxyl groups is 1. The van der Waals surface area contributed by atoms with Gasteiger partial charge in [0.1, 0.15) is 18.1 Å². The van der Waals surface area contributed by atoms with E-state index in [1.54, 1.807) is 12.1 Å². The quantitative estimate of drug-likeness (QED) is 0.828. The molecule has 2 aliphatic heterocycles. The van der Waals surface area contributed by atoms with Crippen LogP contribution in [0.15, 0.2) is 23.1 Å². The Kier molecular flexibility index (Phi) is 3.95. The molecular weight excluding hydrogens is 334 g/mol. The molecule has 2 heterocycles. The molecule has 2 atom stereocenters. The first-order valence-electron chi connectivity index (χ1n) is 8.20. The lowest BCUT2D eigenvalue weighted by atomic mass is 9.58. The van der Waals surface area contributed by atoms with E-state index in [1.165, 1.54) is 6.07 Å². The number of ether oxygens (including phenoxy) is 3. The third-order valence-corrected chi connectivity index (χ3v) is 6.85. The molecule has 0 amide bonds. The first-order chi connectivity index (χ1) is 11.5. The summed E-state index contributed by atoms with van der Waals surface area (Å²) in [5.41, 5.74) is -0.419. The molecule has 0 unspecified atom stereocenters. The van der Waals surface area contributed by atoms with Crippen LogP contribution in [0.4, 0.5) is 0 Å². The molecule has 3 aliphatic rings. The summed E-state index contributed by atoms with van der Waals surface area (Å²) in [5.74, 6) is 0.704. The van der Waals surface area contributed by atoms with Gasteiger partial charge >= 0.3 is 0 Å². The summed E-state index contributed by atoms with van der Waals surface area (Å²) in [6.07, 6.45) is 1.26. The maximum atomic E-state index is 12.9. The Morgan fingerprint density at radius 3 is 2.62 bits per heavy atom. The van der Waals surface area contributed by atoms with E-state index >= 15 is 0 Å². The van der Waals surface area contributed by atoms with Crippen LogP contribution in [0.5, 0.6) is 11.5 Å². The van der Waals surface area contributed by atoms with Crippen LogP contribution in [-0.4, -0.2) is 52.1 Å². The Balaban J connectivity index is 1.60. The summed E-state index contributed by atoms with van der Waals surface area (Å²) < 4.78 is 44.9. The zero-order chi connectivity index (χ0) is 16.8. The standard InChI is InChI=1S/C16H21NO6S/c18-14-10-13(16(14)4-6-21-7-5-16)17-24(19,20)12-3-1-2-11-15(12)23-9-8-22-11/h1-3,13-14,17-18H,4-10H2/t13-,14-/m1/s1. The van der Waals surface area contributed by atoms with Crippen molar-refractivity contribution >= 4 is 10.0 Å². The molecule has 1 saturated heterocycles. The third kappa shape index (κ3) is 2.48. The molecule has 2 fully saturated rings. The van der Waals surface area contributed by atoms with Gasteiger partial charge in [0.15, 0.2) is 11.5 Å². The molecule has 0 radical (unpaired) electrons. The van der Waals surface area contributed by atoms with Gasteiger partial charge in [-0.15, -0.1) is 0 Å². The van der Waals surface area contributed by atoms with Gasteiger partial charge in [-0.05, 0) is 31.4 Å². The summed E-state index contributed by atoms with van der Waals surface area (Å²) in [6, 6.07) is 4.56. The molecule has 1 saturated carbocycles. The molecule has 0 aromatic heterocycles. The van der Waals surface area contributed by atoms with Crippen LogP contribution in [-0.2, 0) is 14.8 Å². The van der Waals surface area contributed by atoms with Gasteiger partial charge in [-0.3, -0.25) is 0 Å². The molecule has 1 aliphatic carbocycles. The van der Waals surface area contributed by atoms with Crippen molar-refractivity contribution in [1.82, 2.24) is 4.72 Å². The van der Waals surface area contributed by atoms with E-state index < -0.39 is 21.5 Å². The van der Waals surface area contributed by atoms with Crippen LogP contribution in [0.2, 0.25) is 0 Å². The number of rotatable bonds is 3. The number of nitrogens with one attached hydrogen (secondary N) is 1. The minimum Gasteiger partial charge on any atom is -0.486 e. The highest BCUT2D eigenvalue weighted by Gasteiger charge is 2.56. The lowest BCUT2D eigenvalue weighted by molar-refractivity contribution is -0.143. The molecule has 4 rings (SSSR count). The molecule has 8 heteroatoms. The van der Waals surface area contributed by atoms with Gasteiger partial charge in [0, 0.05) is 24.7 Å². The number of para-hydroxylation sites is 1. The van der Waals surface area contributed by atoms with Gasteiger partial charge in [0.2, 0.25) is 10.0 Å². The maximum Gasteiger partial charge on any atom is 0.244 e. The molecule has 1 spiro atoms. The number of hydrogen-bond acceptors (Lipinski definition) is 6. The second-order valence-electron chi connectivity index (χ2n) is 6.55. The zero-order valence-corrected chi connectivity index (χ0v) is 14.0. The van der Waals surface area contributed by atoms with Crippen molar-refractivity contribution in [2.24, 2.45) is 5.41 Å². The smallest absolute Gasteiger partial charge is 0.244 e. The summed E-state index contributed by atoms with van der Waals surface area (Å²) >= 11 is 0. The van der Waals surface area contributed by atoms with Crippen LogP contribution in [0.1, 0.15) is 19.3 Å². The predicted molar refractivity (Wildman–Crippen MR) is 84.7 cm³/mol. The van der Waals surface area contributed by atoms with Crippen LogP contribution < -0.4 is 14.2 Å². The molecule has 132 valence electrons. The van der Waals surface area contributed by atoms with E-state index in [0.29, 0.717) is 51.4 Å². The fourth-order valence-electron chi connectivity index (χ4n) is 3.87. The van der Waals surface area contributed by atoms with E-state index in [2.05, 4.69) is 4.72 Å². The van der Waals surface area contributed by atoms with Crippen LogP contribution in [0.25, 0.3) is 0 Å². The van der Waals surface area contributed by atoms with E-state index in [4.69, 9.17) is 14.2 Å². The van der Waals surface area contributed by atoms with Crippen molar-refractivity contribution in [2.45, 2.75) is 36.3 Å². The number of fused-ring (bicyclic) bond motifs is 1. The first kappa shape index (κ1) is 16.1. The van der Waals surface area contributed by atoms with Gasteiger partial charge in [0.25, 0.3) is 0 Å². The Morgan fingerprint density at radius 2 is 1.88 bits per heavy atom. The average Bonchev–Trinajstić information content (AvgIpc) is 2.61. The second-order valence-corrected chi connectivity index (χ2v) is 8.23. The first-order valence-corrected chi connectivity index (χ1v) is 9.68. The van der Waals surface area contributed by atoms with Gasteiger partial charge < -0.3 is 19.3 Å². The van der Waals surface area contributed by atoms with Crippen molar-refractivity contribution < 1.29 is 27.7 Å². The fourth-order valence-corrected chi connectivity index (χ4v) is 5.37. The molecule has 2 N–H and O–H groups in total. The van der Waals surface area contributed by atoms with Crippen LogP contribution in [0, 0.1) is 5.41 Å². The van der Waals surface area contributed by atoms with Crippen molar-refractivity contribution in [3.63, 3.8) is 0 Å². The molecule has 7 nitrogen and oxygen atoms in total.